The number of aromatic amines is 1. The zero-order chi connectivity index (χ0) is 21.4. The van der Waals surface area contributed by atoms with Crippen molar-refractivity contribution >= 4 is 46.3 Å². The number of aryl methyl sites for hydroxylation is 2. The molecule has 0 aliphatic rings. The monoisotopic (exact) mass is 398 g/mol. The summed E-state index contributed by atoms with van der Waals surface area (Å²) in [6, 6.07) is 7.30. The Hall–Kier alpha value is -4.70. The standard InChI is InChI=1S/C20H14N8O2/c1-11-15(26-9-29)3-14(6-22)20-18(11)25-8-27(20)28(10-30)16-4-13(5-21)19-17(12(16)2)23-7-24-19/h3-4,7-10H,1-2H3,(H,23,24)(H,26,29). The van der Waals surface area contributed by atoms with E-state index in [0.29, 0.717) is 63.0 Å². The minimum atomic E-state index is 0.225. The van der Waals surface area contributed by atoms with Gasteiger partial charge in [0.1, 0.15) is 24.0 Å². The lowest BCUT2D eigenvalue weighted by atomic mass is 10.1. The van der Waals surface area contributed by atoms with Crippen LogP contribution in [0.15, 0.2) is 24.8 Å². The van der Waals surface area contributed by atoms with Crippen molar-refractivity contribution in [3.05, 3.63) is 47.0 Å². The number of nitrogens with one attached hydrogen (secondary N) is 2. The number of carbonyl (C=O) groups is 2. The molecule has 0 aliphatic carbocycles. The summed E-state index contributed by atoms with van der Waals surface area (Å²) in [6.07, 6.45) is 4.00. The highest BCUT2D eigenvalue weighted by molar-refractivity contribution is 5.96. The summed E-state index contributed by atoms with van der Waals surface area (Å²) in [5, 5.41) is 23.0. The van der Waals surface area contributed by atoms with Crippen LogP contribution in [-0.4, -0.2) is 32.4 Å². The summed E-state index contributed by atoms with van der Waals surface area (Å²) in [5.74, 6) is 0. The third-order valence-electron chi connectivity index (χ3n) is 5.02. The average molecular weight is 398 g/mol. The van der Waals surface area contributed by atoms with Gasteiger partial charge < -0.3 is 10.3 Å². The highest BCUT2D eigenvalue weighted by Gasteiger charge is 2.22. The van der Waals surface area contributed by atoms with Crippen molar-refractivity contribution in [2.75, 3.05) is 10.3 Å². The van der Waals surface area contributed by atoms with Crippen molar-refractivity contribution in [1.82, 2.24) is 19.6 Å². The molecule has 4 rings (SSSR count). The molecule has 2 N–H and O–H groups in total. The highest BCUT2D eigenvalue weighted by atomic mass is 16.1. The van der Waals surface area contributed by atoms with E-state index in [4.69, 9.17) is 0 Å². The van der Waals surface area contributed by atoms with E-state index >= 15 is 0 Å². The lowest BCUT2D eigenvalue weighted by Crippen LogP contribution is -2.28. The lowest BCUT2D eigenvalue weighted by molar-refractivity contribution is -0.108. The zero-order valence-corrected chi connectivity index (χ0v) is 16.0. The van der Waals surface area contributed by atoms with Crippen LogP contribution in [0.5, 0.6) is 0 Å². The van der Waals surface area contributed by atoms with Crippen LogP contribution in [0.1, 0.15) is 22.3 Å². The van der Waals surface area contributed by atoms with Gasteiger partial charge >= 0.3 is 0 Å². The number of fused-ring (bicyclic) bond motifs is 2. The van der Waals surface area contributed by atoms with E-state index in [1.54, 1.807) is 19.9 Å². The van der Waals surface area contributed by atoms with Crippen LogP contribution in [0, 0.1) is 36.5 Å². The van der Waals surface area contributed by atoms with Crippen LogP contribution >= 0.6 is 0 Å². The number of benzene rings is 2. The fraction of sp³-hybridized carbons (Fsp3) is 0.100. The minimum absolute atomic E-state index is 0.225. The Morgan fingerprint density at radius 3 is 2.53 bits per heavy atom. The van der Waals surface area contributed by atoms with Crippen molar-refractivity contribution in [3.63, 3.8) is 0 Å². The van der Waals surface area contributed by atoms with Crippen molar-refractivity contribution in [2.24, 2.45) is 0 Å². The van der Waals surface area contributed by atoms with Crippen LogP contribution in [0.25, 0.3) is 22.1 Å². The number of hydrogen-bond donors (Lipinski definition) is 2. The maximum atomic E-state index is 12.2. The molecule has 2 amide bonds. The van der Waals surface area contributed by atoms with E-state index < -0.39 is 0 Å². The molecule has 0 saturated heterocycles. The molecule has 0 saturated carbocycles. The topological polar surface area (TPSA) is 143 Å². The van der Waals surface area contributed by atoms with E-state index in [1.165, 1.54) is 28.4 Å². The molecule has 4 aromatic rings. The molecular formula is C20H14N8O2. The molecule has 0 fully saturated rings. The number of amides is 2. The molecule has 2 heterocycles. The van der Waals surface area contributed by atoms with Crippen molar-refractivity contribution < 1.29 is 9.59 Å². The number of aromatic nitrogens is 4. The number of imidazole rings is 2. The number of H-pyrrole nitrogens is 1. The van der Waals surface area contributed by atoms with Crippen LogP contribution < -0.4 is 10.3 Å². The molecule has 30 heavy (non-hydrogen) atoms. The van der Waals surface area contributed by atoms with Gasteiger partial charge in [0.25, 0.3) is 0 Å². The first kappa shape index (κ1) is 18.7. The second-order valence-corrected chi connectivity index (χ2v) is 6.51. The van der Waals surface area contributed by atoms with Gasteiger partial charge in [-0.2, -0.15) is 10.5 Å². The second-order valence-electron chi connectivity index (χ2n) is 6.51. The zero-order valence-electron chi connectivity index (χ0n) is 16.0. The Labute approximate surface area is 169 Å². The third kappa shape index (κ3) is 2.56. The number of carbonyl (C=O) groups excluding carboxylic acids is 2. The van der Waals surface area contributed by atoms with Gasteiger partial charge in [-0.25, -0.2) is 19.7 Å². The summed E-state index contributed by atoms with van der Waals surface area (Å²) in [6.45, 7) is 3.55. The van der Waals surface area contributed by atoms with Crippen molar-refractivity contribution in [1.29, 1.82) is 10.5 Å². The van der Waals surface area contributed by atoms with Gasteiger partial charge in [0.05, 0.1) is 39.7 Å². The summed E-state index contributed by atoms with van der Waals surface area (Å²) in [5.41, 5.74) is 4.77. The summed E-state index contributed by atoms with van der Waals surface area (Å²) >= 11 is 0. The van der Waals surface area contributed by atoms with E-state index in [2.05, 4.69) is 32.4 Å². The fourth-order valence-corrected chi connectivity index (χ4v) is 3.55. The summed E-state index contributed by atoms with van der Waals surface area (Å²) in [7, 11) is 0. The normalized spacial score (nSPS) is 10.5. The highest BCUT2D eigenvalue weighted by Crippen LogP contribution is 2.33. The average Bonchev–Trinajstić information content (AvgIpc) is 3.41. The SMILES string of the molecule is Cc1c(N(C=O)n2cnc3c(C)c(NC=O)cc(C#N)c32)cc(C#N)c2[nH]cnc12. The first-order chi connectivity index (χ1) is 14.5. The Morgan fingerprint density at radius 1 is 1.10 bits per heavy atom. The number of rotatable bonds is 5. The predicted molar refractivity (Wildman–Crippen MR) is 108 cm³/mol. The molecule has 146 valence electrons. The van der Waals surface area contributed by atoms with Gasteiger partial charge in [-0.1, -0.05) is 0 Å². The van der Waals surface area contributed by atoms with Crippen LogP contribution in [0.4, 0.5) is 11.4 Å². The fourth-order valence-electron chi connectivity index (χ4n) is 3.55. The summed E-state index contributed by atoms with van der Waals surface area (Å²) in [4.78, 5) is 34.6. The molecule has 0 bridgehead atoms. The first-order valence-electron chi connectivity index (χ1n) is 8.78. The maximum Gasteiger partial charge on any atom is 0.233 e. The van der Waals surface area contributed by atoms with Crippen LogP contribution in [0.2, 0.25) is 0 Å². The van der Waals surface area contributed by atoms with Crippen molar-refractivity contribution in [2.45, 2.75) is 13.8 Å². The number of anilines is 2. The maximum absolute atomic E-state index is 12.2. The molecule has 0 radical (unpaired) electrons. The molecule has 2 aromatic carbocycles. The Balaban J connectivity index is 2.01. The molecule has 0 aliphatic heterocycles. The molecular weight excluding hydrogens is 384 g/mol. The van der Waals surface area contributed by atoms with Gasteiger partial charge in [0.2, 0.25) is 12.8 Å². The largest absolute Gasteiger partial charge is 0.343 e. The van der Waals surface area contributed by atoms with E-state index in [0.717, 1.165) is 0 Å². The Morgan fingerprint density at radius 2 is 1.87 bits per heavy atom. The van der Waals surface area contributed by atoms with Gasteiger partial charge in [-0.15, -0.1) is 0 Å². The number of nitrogens with zero attached hydrogens (tertiary/aromatic N) is 6. The first-order valence-corrected chi connectivity index (χ1v) is 8.78. The number of nitriles is 2. The molecule has 10 nitrogen and oxygen atoms in total. The van der Waals surface area contributed by atoms with Gasteiger partial charge in [-0.3, -0.25) is 9.59 Å². The van der Waals surface area contributed by atoms with Crippen LogP contribution in [-0.2, 0) is 9.59 Å². The van der Waals surface area contributed by atoms with Crippen molar-refractivity contribution in [3.8, 4) is 12.1 Å². The van der Waals surface area contributed by atoms with Gasteiger partial charge in [-0.05, 0) is 26.0 Å². The predicted octanol–water partition coefficient (Wildman–Crippen LogP) is 2.27. The quantitative estimate of drug-likeness (QED) is 0.494. The smallest absolute Gasteiger partial charge is 0.233 e. The van der Waals surface area contributed by atoms with E-state index in [1.807, 2.05) is 0 Å². The molecule has 10 heteroatoms. The Kier molecular flexibility index (Phi) is 4.38. The molecule has 2 aromatic heterocycles. The molecule has 0 spiro atoms. The minimum Gasteiger partial charge on any atom is -0.343 e. The van der Waals surface area contributed by atoms with Crippen LogP contribution in [0.3, 0.4) is 0 Å². The molecule has 0 unspecified atom stereocenters. The molecule has 0 atom stereocenters. The van der Waals surface area contributed by atoms with E-state index in [-0.39, 0.29) is 5.56 Å². The van der Waals surface area contributed by atoms with E-state index in [9.17, 15) is 20.1 Å². The van der Waals surface area contributed by atoms with Gasteiger partial charge in [0, 0.05) is 16.8 Å². The third-order valence-corrected chi connectivity index (χ3v) is 5.02. The van der Waals surface area contributed by atoms with Gasteiger partial charge in [0.15, 0.2) is 0 Å². The Bertz CT molecular complexity index is 1420. The number of hydrogen-bond acceptors (Lipinski definition) is 6. The lowest BCUT2D eigenvalue weighted by Gasteiger charge is -2.22. The second kappa shape index (κ2) is 7.04. The summed E-state index contributed by atoms with van der Waals surface area (Å²) < 4.78 is 1.44.